The van der Waals surface area contributed by atoms with Crippen molar-refractivity contribution < 1.29 is 5.11 Å². The molecule has 0 amide bonds. The summed E-state index contributed by atoms with van der Waals surface area (Å²) in [4.78, 5) is 6.92. The largest absolute Gasteiger partial charge is 0.396 e. The van der Waals surface area contributed by atoms with E-state index in [0.717, 1.165) is 31.9 Å². The standard InChI is InChI=1S/C17H23N3O/c1-14-18-10-17(20(14)16-7-3-2-4-8-16)12-19-9-5-6-15(11-19)13-21/h2-4,7-8,10,15,21H,5-6,9,11-13H2,1H3. The van der Waals surface area contributed by atoms with E-state index in [9.17, 15) is 5.11 Å². The Hall–Kier alpha value is -1.65. The summed E-state index contributed by atoms with van der Waals surface area (Å²) in [6.07, 6.45) is 4.29. The predicted octanol–water partition coefficient (Wildman–Crippen LogP) is 2.39. The highest BCUT2D eigenvalue weighted by atomic mass is 16.3. The molecule has 1 fully saturated rings. The minimum absolute atomic E-state index is 0.299. The third kappa shape index (κ3) is 3.17. The van der Waals surface area contributed by atoms with E-state index in [0.29, 0.717) is 12.5 Å². The summed E-state index contributed by atoms with van der Waals surface area (Å²) in [5.74, 6) is 1.44. The maximum atomic E-state index is 9.37. The van der Waals surface area contributed by atoms with Crippen molar-refractivity contribution in [3.63, 3.8) is 0 Å². The second kappa shape index (κ2) is 6.41. The van der Waals surface area contributed by atoms with Gasteiger partial charge in [-0.05, 0) is 44.4 Å². The van der Waals surface area contributed by atoms with Gasteiger partial charge in [-0.3, -0.25) is 9.47 Å². The van der Waals surface area contributed by atoms with Crippen LogP contribution in [0.25, 0.3) is 5.69 Å². The predicted molar refractivity (Wildman–Crippen MR) is 83.4 cm³/mol. The summed E-state index contributed by atoms with van der Waals surface area (Å²) in [7, 11) is 0. The number of aliphatic hydroxyl groups is 1. The molecule has 4 heteroatoms. The van der Waals surface area contributed by atoms with Crippen LogP contribution < -0.4 is 0 Å². The molecule has 2 heterocycles. The molecule has 3 rings (SSSR count). The highest BCUT2D eigenvalue weighted by molar-refractivity contribution is 5.35. The van der Waals surface area contributed by atoms with Crippen LogP contribution in [0.5, 0.6) is 0 Å². The maximum absolute atomic E-state index is 9.37. The third-order valence-electron chi connectivity index (χ3n) is 4.27. The average Bonchev–Trinajstić information content (AvgIpc) is 2.89. The van der Waals surface area contributed by atoms with E-state index in [1.807, 2.05) is 19.2 Å². The molecule has 1 aromatic heterocycles. The second-order valence-electron chi connectivity index (χ2n) is 5.89. The van der Waals surface area contributed by atoms with Crippen LogP contribution in [0, 0.1) is 12.8 Å². The summed E-state index contributed by atoms with van der Waals surface area (Å²) in [5.41, 5.74) is 2.38. The molecule has 4 nitrogen and oxygen atoms in total. The van der Waals surface area contributed by atoms with Gasteiger partial charge in [0.25, 0.3) is 0 Å². The Labute approximate surface area is 126 Å². The van der Waals surface area contributed by atoms with Gasteiger partial charge in [0, 0.05) is 25.4 Å². The number of aryl methyl sites for hydroxylation is 1. The minimum atomic E-state index is 0.299. The van der Waals surface area contributed by atoms with Crippen LogP contribution in [0.3, 0.4) is 0 Å². The quantitative estimate of drug-likeness (QED) is 0.938. The van der Waals surface area contributed by atoms with E-state index in [1.165, 1.54) is 17.8 Å². The molecule has 1 saturated heterocycles. The van der Waals surface area contributed by atoms with Crippen LogP contribution >= 0.6 is 0 Å². The molecule has 1 aliphatic rings. The number of benzene rings is 1. The van der Waals surface area contributed by atoms with Crippen molar-refractivity contribution in [3.05, 3.63) is 48.0 Å². The zero-order valence-electron chi connectivity index (χ0n) is 12.6. The Balaban J connectivity index is 1.80. The van der Waals surface area contributed by atoms with Crippen LogP contribution in [0.2, 0.25) is 0 Å². The Kier molecular flexibility index (Phi) is 4.36. The number of imidazole rings is 1. The summed E-state index contributed by atoms with van der Waals surface area (Å²) in [6, 6.07) is 10.4. The number of rotatable bonds is 4. The molecule has 0 aliphatic carbocycles. The number of aromatic nitrogens is 2. The van der Waals surface area contributed by atoms with Gasteiger partial charge in [0.1, 0.15) is 5.82 Å². The first kappa shape index (κ1) is 14.3. The SMILES string of the molecule is Cc1ncc(CN2CCCC(CO)C2)n1-c1ccccc1. The molecule has 21 heavy (non-hydrogen) atoms. The number of hydrogen-bond donors (Lipinski definition) is 1. The van der Waals surface area contributed by atoms with Gasteiger partial charge in [0.05, 0.1) is 11.9 Å². The van der Waals surface area contributed by atoms with Crippen molar-refractivity contribution >= 4 is 0 Å². The van der Waals surface area contributed by atoms with Crippen LogP contribution in [-0.4, -0.2) is 39.3 Å². The first-order valence-corrected chi connectivity index (χ1v) is 7.70. The Morgan fingerprint density at radius 2 is 2.10 bits per heavy atom. The molecule has 112 valence electrons. The van der Waals surface area contributed by atoms with Crippen molar-refractivity contribution in [2.24, 2.45) is 5.92 Å². The van der Waals surface area contributed by atoms with Crippen molar-refractivity contribution in [2.45, 2.75) is 26.3 Å². The lowest BCUT2D eigenvalue weighted by molar-refractivity contribution is 0.114. The number of nitrogens with zero attached hydrogens (tertiary/aromatic N) is 3. The Morgan fingerprint density at radius 1 is 1.29 bits per heavy atom. The number of piperidine rings is 1. The van der Waals surface area contributed by atoms with E-state index in [4.69, 9.17) is 0 Å². The van der Waals surface area contributed by atoms with Crippen LogP contribution in [0.1, 0.15) is 24.4 Å². The average molecular weight is 285 g/mol. The summed E-state index contributed by atoms with van der Waals surface area (Å²) >= 11 is 0. The highest BCUT2D eigenvalue weighted by Crippen LogP contribution is 2.20. The van der Waals surface area contributed by atoms with Crippen molar-refractivity contribution in [1.82, 2.24) is 14.5 Å². The number of hydrogen-bond acceptors (Lipinski definition) is 3. The second-order valence-corrected chi connectivity index (χ2v) is 5.89. The van der Waals surface area contributed by atoms with E-state index in [2.05, 4.69) is 38.7 Å². The summed E-state index contributed by atoms with van der Waals surface area (Å²) in [6.45, 7) is 5.33. The van der Waals surface area contributed by atoms with Crippen LogP contribution in [0.4, 0.5) is 0 Å². The molecule has 0 bridgehead atoms. The first-order valence-electron chi connectivity index (χ1n) is 7.70. The van der Waals surface area contributed by atoms with E-state index in [1.54, 1.807) is 0 Å². The molecule has 0 radical (unpaired) electrons. The summed E-state index contributed by atoms with van der Waals surface area (Å²) < 4.78 is 2.22. The minimum Gasteiger partial charge on any atom is -0.396 e. The van der Waals surface area contributed by atoms with E-state index in [-0.39, 0.29) is 0 Å². The number of para-hydroxylation sites is 1. The first-order chi connectivity index (χ1) is 10.3. The lowest BCUT2D eigenvalue weighted by Gasteiger charge is -2.31. The Morgan fingerprint density at radius 3 is 2.86 bits per heavy atom. The smallest absolute Gasteiger partial charge is 0.110 e. The molecule has 1 unspecified atom stereocenters. The molecular formula is C17H23N3O. The lowest BCUT2D eigenvalue weighted by Crippen LogP contribution is -2.36. The molecule has 1 aliphatic heterocycles. The van der Waals surface area contributed by atoms with E-state index >= 15 is 0 Å². The van der Waals surface area contributed by atoms with Gasteiger partial charge in [0.2, 0.25) is 0 Å². The highest BCUT2D eigenvalue weighted by Gasteiger charge is 2.20. The van der Waals surface area contributed by atoms with E-state index < -0.39 is 0 Å². The number of likely N-dealkylation sites (tertiary alicyclic amines) is 1. The molecule has 2 aromatic rings. The molecule has 0 saturated carbocycles. The van der Waals surface area contributed by atoms with Crippen molar-refractivity contribution in [2.75, 3.05) is 19.7 Å². The maximum Gasteiger partial charge on any atom is 0.110 e. The summed E-state index contributed by atoms with van der Waals surface area (Å²) in [5, 5.41) is 9.37. The fraction of sp³-hybridized carbons (Fsp3) is 0.471. The van der Waals surface area contributed by atoms with Crippen LogP contribution in [0.15, 0.2) is 36.5 Å². The van der Waals surface area contributed by atoms with Gasteiger partial charge in [-0.15, -0.1) is 0 Å². The molecule has 1 N–H and O–H groups in total. The monoisotopic (exact) mass is 285 g/mol. The van der Waals surface area contributed by atoms with Crippen LogP contribution in [-0.2, 0) is 6.54 Å². The van der Waals surface area contributed by atoms with Gasteiger partial charge in [-0.1, -0.05) is 18.2 Å². The topological polar surface area (TPSA) is 41.3 Å². The molecule has 0 spiro atoms. The molecule has 1 atom stereocenters. The van der Waals surface area contributed by atoms with Gasteiger partial charge in [-0.2, -0.15) is 0 Å². The van der Waals surface area contributed by atoms with Crippen molar-refractivity contribution in [1.29, 1.82) is 0 Å². The molecule has 1 aromatic carbocycles. The zero-order chi connectivity index (χ0) is 14.7. The van der Waals surface area contributed by atoms with Gasteiger partial charge in [0.15, 0.2) is 0 Å². The lowest BCUT2D eigenvalue weighted by atomic mass is 9.99. The number of aliphatic hydroxyl groups excluding tert-OH is 1. The van der Waals surface area contributed by atoms with Gasteiger partial charge < -0.3 is 5.11 Å². The van der Waals surface area contributed by atoms with Gasteiger partial charge in [-0.25, -0.2) is 4.98 Å². The third-order valence-corrected chi connectivity index (χ3v) is 4.27. The van der Waals surface area contributed by atoms with Crippen molar-refractivity contribution in [3.8, 4) is 5.69 Å². The zero-order valence-corrected chi connectivity index (χ0v) is 12.6. The Bertz CT molecular complexity index is 579. The fourth-order valence-electron chi connectivity index (χ4n) is 3.21. The molecular weight excluding hydrogens is 262 g/mol. The normalized spacial score (nSPS) is 19.8. The van der Waals surface area contributed by atoms with Gasteiger partial charge >= 0.3 is 0 Å². The fourth-order valence-corrected chi connectivity index (χ4v) is 3.21.